The fourth-order valence-electron chi connectivity index (χ4n) is 1.91. The van der Waals surface area contributed by atoms with Crippen LogP contribution in [0.25, 0.3) is 0 Å². The molecule has 2 aromatic heterocycles. The molecular formula is C12H18N6O. The first-order valence-corrected chi connectivity index (χ1v) is 6.32. The number of hydrogen-bond acceptors (Lipinski definition) is 4. The molecule has 0 spiro atoms. The quantitative estimate of drug-likeness (QED) is 0.847. The number of aromatic nitrogens is 5. The molecule has 0 saturated heterocycles. The van der Waals surface area contributed by atoms with Gasteiger partial charge in [-0.1, -0.05) is 6.92 Å². The second-order valence-corrected chi connectivity index (χ2v) is 4.41. The van der Waals surface area contributed by atoms with Crippen LogP contribution >= 0.6 is 0 Å². The molecule has 7 nitrogen and oxygen atoms in total. The van der Waals surface area contributed by atoms with Crippen molar-refractivity contribution in [1.82, 2.24) is 30.0 Å². The van der Waals surface area contributed by atoms with Crippen molar-refractivity contribution in [2.45, 2.75) is 39.8 Å². The number of carbonyl (C=O) groups is 1. The van der Waals surface area contributed by atoms with Crippen LogP contribution in [0.3, 0.4) is 0 Å². The van der Waals surface area contributed by atoms with Crippen molar-refractivity contribution in [2.75, 3.05) is 0 Å². The Kier molecular flexibility index (Phi) is 3.94. The van der Waals surface area contributed by atoms with Gasteiger partial charge in [0, 0.05) is 12.2 Å². The van der Waals surface area contributed by atoms with E-state index in [1.165, 1.54) is 12.7 Å². The predicted molar refractivity (Wildman–Crippen MR) is 69.5 cm³/mol. The molecule has 0 aliphatic carbocycles. The van der Waals surface area contributed by atoms with Gasteiger partial charge in [-0.15, -0.1) is 0 Å². The lowest BCUT2D eigenvalue weighted by Crippen LogP contribution is -2.29. The lowest BCUT2D eigenvalue weighted by molar-refractivity contribution is 0.0932. The van der Waals surface area contributed by atoms with E-state index in [0.29, 0.717) is 5.69 Å². The van der Waals surface area contributed by atoms with Crippen molar-refractivity contribution in [3.05, 3.63) is 29.9 Å². The van der Waals surface area contributed by atoms with Crippen LogP contribution in [-0.4, -0.2) is 30.6 Å². The largest absolute Gasteiger partial charge is 0.348 e. The Morgan fingerprint density at radius 1 is 1.53 bits per heavy atom. The first-order valence-electron chi connectivity index (χ1n) is 6.32. The minimum Gasteiger partial charge on any atom is -0.348 e. The summed E-state index contributed by atoms with van der Waals surface area (Å²) < 4.78 is 1.81. The van der Waals surface area contributed by atoms with Gasteiger partial charge in [-0.2, -0.15) is 5.10 Å². The van der Waals surface area contributed by atoms with Gasteiger partial charge in [0.05, 0.1) is 12.4 Å². The maximum absolute atomic E-state index is 12.1. The number of rotatable bonds is 5. The standard InChI is InChI=1S/C12H18N6O/c1-4-5-18-11(15-7-16-18)9(3)17-12(19)10-8(2)13-6-14-10/h6-7,9H,4-5H2,1-3H3,(H,13,14)(H,17,19)/t9-/m0/s1. The molecule has 2 N–H and O–H groups in total. The summed E-state index contributed by atoms with van der Waals surface area (Å²) in [5.74, 6) is 0.542. The Hall–Kier alpha value is -2.18. The predicted octanol–water partition coefficient (Wildman–Crippen LogP) is 1.21. The maximum Gasteiger partial charge on any atom is 0.272 e. The van der Waals surface area contributed by atoms with Crippen LogP contribution in [0.5, 0.6) is 0 Å². The van der Waals surface area contributed by atoms with Crippen molar-refractivity contribution in [3.63, 3.8) is 0 Å². The number of imidazole rings is 1. The molecule has 1 atom stereocenters. The number of hydrogen-bond donors (Lipinski definition) is 2. The van der Waals surface area contributed by atoms with Crippen molar-refractivity contribution in [3.8, 4) is 0 Å². The monoisotopic (exact) mass is 262 g/mol. The molecule has 2 aromatic rings. The van der Waals surface area contributed by atoms with Gasteiger partial charge in [-0.05, 0) is 20.3 Å². The van der Waals surface area contributed by atoms with Crippen LogP contribution < -0.4 is 5.32 Å². The van der Waals surface area contributed by atoms with E-state index in [0.717, 1.165) is 24.5 Å². The summed E-state index contributed by atoms with van der Waals surface area (Å²) in [4.78, 5) is 23.1. The van der Waals surface area contributed by atoms with Crippen LogP contribution in [0, 0.1) is 6.92 Å². The molecule has 1 amide bonds. The van der Waals surface area contributed by atoms with Crippen LogP contribution in [0.1, 0.15) is 48.3 Å². The number of aryl methyl sites for hydroxylation is 2. The highest BCUT2D eigenvalue weighted by Crippen LogP contribution is 2.10. The summed E-state index contributed by atoms with van der Waals surface area (Å²) >= 11 is 0. The van der Waals surface area contributed by atoms with Gasteiger partial charge in [-0.25, -0.2) is 14.6 Å². The zero-order valence-corrected chi connectivity index (χ0v) is 11.3. The fraction of sp³-hybridized carbons (Fsp3) is 0.500. The average molecular weight is 262 g/mol. The Balaban J connectivity index is 2.08. The van der Waals surface area contributed by atoms with Crippen LogP contribution in [0.2, 0.25) is 0 Å². The van der Waals surface area contributed by atoms with Crippen molar-refractivity contribution < 1.29 is 4.79 Å². The normalized spacial score (nSPS) is 12.4. The smallest absolute Gasteiger partial charge is 0.272 e. The van der Waals surface area contributed by atoms with Crippen molar-refractivity contribution >= 4 is 5.91 Å². The zero-order chi connectivity index (χ0) is 13.8. The minimum atomic E-state index is -0.211. The van der Waals surface area contributed by atoms with Gasteiger partial charge in [-0.3, -0.25) is 4.79 Å². The number of nitrogens with one attached hydrogen (secondary N) is 2. The van der Waals surface area contributed by atoms with Gasteiger partial charge in [0.2, 0.25) is 0 Å². The summed E-state index contributed by atoms with van der Waals surface area (Å²) in [6, 6.07) is -0.211. The molecule has 0 saturated carbocycles. The highest BCUT2D eigenvalue weighted by molar-refractivity contribution is 5.93. The maximum atomic E-state index is 12.1. The lowest BCUT2D eigenvalue weighted by atomic mass is 10.2. The highest BCUT2D eigenvalue weighted by Gasteiger charge is 2.18. The molecule has 0 aliphatic heterocycles. The molecule has 0 fully saturated rings. The van der Waals surface area contributed by atoms with Crippen molar-refractivity contribution in [2.24, 2.45) is 0 Å². The Labute approximate surface area is 111 Å². The molecular weight excluding hydrogens is 244 g/mol. The summed E-state index contributed by atoms with van der Waals surface area (Å²) in [6.45, 7) is 6.56. The number of aromatic amines is 1. The molecule has 0 unspecified atom stereocenters. The number of H-pyrrole nitrogens is 1. The molecule has 0 aliphatic rings. The Morgan fingerprint density at radius 2 is 2.32 bits per heavy atom. The van der Waals surface area contributed by atoms with E-state index in [2.05, 4.69) is 32.3 Å². The first-order chi connectivity index (χ1) is 9.13. The third-order valence-electron chi connectivity index (χ3n) is 2.86. The molecule has 7 heteroatoms. The number of nitrogens with zero attached hydrogens (tertiary/aromatic N) is 4. The molecule has 0 aromatic carbocycles. The minimum absolute atomic E-state index is 0.211. The molecule has 2 rings (SSSR count). The number of amides is 1. The molecule has 2 heterocycles. The average Bonchev–Trinajstić information content (AvgIpc) is 2.98. The van der Waals surface area contributed by atoms with E-state index in [4.69, 9.17) is 0 Å². The van der Waals surface area contributed by atoms with Gasteiger partial charge < -0.3 is 10.3 Å². The van der Waals surface area contributed by atoms with Gasteiger partial charge in [0.1, 0.15) is 17.8 Å². The highest BCUT2D eigenvalue weighted by atomic mass is 16.2. The summed E-state index contributed by atoms with van der Waals surface area (Å²) in [5.41, 5.74) is 1.16. The van der Waals surface area contributed by atoms with Crippen LogP contribution in [-0.2, 0) is 6.54 Å². The van der Waals surface area contributed by atoms with E-state index in [-0.39, 0.29) is 11.9 Å². The number of carbonyl (C=O) groups excluding carboxylic acids is 1. The second-order valence-electron chi connectivity index (χ2n) is 4.41. The van der Waals surface area contributed by atoms with E-state index in [1.54, 1.807) is 0 Å². The Bertz CT molecular complexity index is 558. The van der Waals surface area contributed by atoms with Gasteiger partial charge in [0.15, 0.2) is 0 Å². The molecule has 102 valence electrons. The SMILES string of the molecule is CCCn1ncnc1[C@H](C)NC(=O)c1nc[nH]c1C. The van der Waals surface area contributed by atoms with E-state index in [9.17, 15) is 4.79 Å². The second kappa shape index (κ2) is 5.64. The third-order valence-corrected chi connectivity index (χ3v) is 2.86. The fourth-order valence-corrected chi connectivity index (χ4v) is 1.91. The molecule has 0 radical (unpaired) electrons. The lowest BCUT2D eigenvalue weighted by Gasteiger charge is -2.13. The van der Waals surface area contributed by atoms with E-state index < -0.39 is 0 Å². The first kappa shape index (κ1) is 13.3. The van der Waals surface area contributed by atoms with E-state index >= 15 is 0 Å². The van der Waals surface area contributed by atoms with Crippen LogP contribution in [0.4, 0.5) is 0 Å². The van der Waals surface area contributed by atoms with Gasteiger partial charge in [0.25, 0.3) is 5.91 Å². The summed E-state index contributed by atoms with van der Waals surface area (Å²) in [5, 5.41) is 7.03. The topological polar surface area (TPSA) is 88.5 Å². The zero-order valence-electron chi connectivity index (χ0n) is 11.3. The molecule has 0 bridgehead atoms. The molecule has 19 heavy (non-hydrogen) atoms. The summed E-state index contributed by atoms with van der Waals surface area (Å²) in [7, 11) is 0. The van der Waals surface area contributed by atoms with Crippen LogP contribution in [0.15, 0.2) is 12.7 Å². The van der Waals surface area contributed by atoms with Gasteiger partial charge >= 0.3 is 0 Å². The van der Waals surface area contributed by atoms with E-state index in [1.807, 2.05) is 18.5 Å². The Morgan fingerprint density at radius 3 is 2.95 bits per heavy atom. The van der Waals surface area contributed by atoms with Crippen molar-refractivity contribution in [1.29, 1.82) is 0 Å². The third kappa shape index (κ3) is 2.81. The summed E-state index contributed by atoms with van der Waals surface area (Å²) in [6.07, 6.45) is 3.98.